The van der Waals surface area contributed by atoms with Crippen LogP contribution in [0, 0.1) is 0 Å². The van der Waals surface area contributed by atoms with Crippen LogP contribution in [-0.4, -0.2) is 20.8 Å². The number of nitrogens with zero attached hydrogens (tertiary/aromatic N) is 3. The van der Waals surface area contributed by atoms with Crippen molar-refractivity contribution >= 4 is 33.7 Å². The molecular formula is C22H17N3OS. The molecule has 5 heteroatoms. The summed E-state index contributed by atoms with van der Waals surface area (Å²) in [5.74, 6) is 0.0973. The molecule has 0 radical (unpaired) electrons. The van der Waals surface area contributed by atoms with Crippen molar-refractivity contribution in [2.45, 2.75) is 18.4 Å². The summed E-state index contributed by atoms with van der Waals surface area (Å²) >= 11 is 1.67. The van der Waals surface area contributed by atoms with Gasteiger partial charge in [0.1, 0.15) is 11.6 Å². The number of rotatable bonds is 3. The van der Waals surface area contributed by atoms with Gasteiger partial charge in [0, 0.05) is 10.8 Å². The van der Waals surface area contributed by atoms with Gasteiger partial charge in [0.15, 0.2) is 5.78 Å². The average Bonchev–Trinajstić information content (AvgIpc) is 3.38. The van der Waals surface area contributed by atoms with E-state index in [0.717, 1.165) is 33.5 Å². The third kappa shape index (κ3) is 2.80. The summed E-state index contributed by atoms with van der Waals surface area (Å²) in [5.41, 5.74) is 3.96. The zero-order chi connectivity index (χ0) is 18.2. The maximum Gasteiger partial charge on any atom is 0.181 e. The molecule has 4 aromatic rings. The summed E-state index contributed by atoms with van der Waals surface area (Å²) in [7, 11) is 0. The van der Waals surface area contributed by atoms with Crippen molar-refractivity contribution in [2.24, 2.45) is 0 Å². The first kappa shape index (κ1) is 16.1. The van der Waals surface area contributed by atoms with Crippen molar-refractivity contribution in [2.75, 3.05) is 0 Å². The van der Waals surface area contributed by atoms with Gasteiger partial charge < -0.3 is 0 Å². The Balaban J connectivity index is 1.66. The highest BCUT2D eigenvalue weighted by Gasteiger charge is 2.36. The lowest BCUT2D eigenvalue weighted by Crippen LogP contribution is -2.29. The highest BCUT2D eigenvalue weighted by molar-refractivity contribution is 7.11. The number of para-hydroxylation sites is 1. The van der Waals surface area contributed by atoms with Gasteiger partial charge in [-0.2, -0.15) is 0 Å². The van der Waals surface area contributed by atoms with Gasteiger partial charge in [-0.15, -0.1) is 16.4 Å². The van der Waals surface area contributed by atoms with E-state index in [4.69, 9.17) is 0 Å². The fourth-order valence-corrected chi connectivity index (χ4v) is 4.63. The zero-order valence-electron chi connectivity index (χ0n) is 14.5. The van der Waals surface area contributed by atoms with Crippen LogP contribution >= 0.6 is 11.3 Å². The number of fused-ring (bicyclic) bond motifs is 1. The molecule has 2 aromatic carbocycles. The summed E-state index contributed by atoms with van der Waals surface area (Å²) in [6.45, 7) is 0. The van der Waals surface area contributed by atoms with E-state index in [9.17, 15) is 4.79 Å². The first-order valence-corrected chi connectivity index (χ1v) is 9.82. The van der Waals surface area contributed by atoms with Crippen LogP contribution < -0.4 is 0 Å². The van der Waals surface area contributed by atoms with E-state index >= 15 is 0 Å². The normalized spacial score (nSPS) is 20.0. The Morgan fingerprint density at radius 2 is 1.78 bits per heavy atom. The predicted molar refractivity (Wildman–Crippen MR) is 108 cm³/mol. The second-order valence-electron chi connectivity index (χ2n) is 6.74. The van der Waals surface area contributed by atoms with Crippen LogP contribution in [0.3, 0.4) is 0 Å². The third-order valence-electron chi connectivity index (χ3n) is 5.14. The van der Waals surface area contributed by atoms with Crippen LogP contribution in [0.2, 0.25) is 0 Å². The molecule has 0 saturated carbocycles. The minimum atomic E-state index is -0.386. The SMILES string of the molecule is O=C1C=C(c2cccs2)C[C@H](c2ccccc2)[C@H]1n1nnc2ccccc21. The van der Waals surface area contributed by atoms with Gasteiger partial charge in [-0.3, -0.25) is 4.79 Å². The number of aromatic nitrogens is 3. The van der Waals surface area contributed by atoms with E-state index in [1.165, 1.54) is 0 Å². The maximum atomic E-state index is 13.3. The molecule has 0 fully saturated rings. The van der Waals surface area contributed by atoms with E-state index < -0.39 is 0 Å². The largest absolute Gasteiger partial charge is 0.292 e. The summed E-state index contributed by atoms with van der Waals surface area (Å²) < 4.78 is 1.80. The third-order valence-corrected chi connectivity index (χ3v) is 6.08. The van der Waals surface area contributed by atoms with Crippen LogP contribution in [0.1, 0.15) is 28.8 Å². The van der Waals surface area contributed by atoms with Gasteiger partial charge in [-0.1, -0.05) is 53.7 Å². The highest BCUT2D eigenvalue weighted by atomic mass is 32.1. The molecule has 2 atom stereocenters. The molecule has 27 heavy (non-hydrogen) atoms. The number of benzene rings is 2. The Kier molecular flexibility index (Phi) is 3.94. The molecule has 5 rings (SSSR count). The minimum Gasteiger partial charge on any atom is -0.292 e. The lowest BCUT2D eigenvalue weighted by Gasteiger charge is -2.30. The molecule has 2 aromatic heterocycles. The lowest BCUT2D eigenvalue weighted by atomic mass is 9.79. The molecule has 2 heterocycles. The number of carbonyl (C=O) groups is 1. The van der Waals surface area contributed by atoms with Crippen LogP contribution in [-0.2, 0) is 4.79 Å². The standard InChI is InChI=1S/C22H17N3OS/c26-20-14-16(21-11-6-12-27-21)13-17(15-7-2-1-3-8-15)22(20)25-19-10-5-4-9-18(19)23-24-25/h1-12,14,17,22H,13H2/t17-,22-/m1/s1. The van der Waals surface area contributed by atoms with Gasteiger partial charge in [0.2, 0.25) is 0 Å². The molecule has 0 saturated heterocycles. The quantitative estimate of drug-likeness (QED) is 0.516. The van der Waals surface area contributed by atoms with Crippen LogP contribution in [0.4, 0.5) is 0 Å². The highest BCUT2D eigenvalue weighted by Crippen LogP contribution is 2.43. The summed E-state index contributed by atoms with van der Waals surface area (Å²) in [6, 6.07) is 21.8. The number of thiophene rings is 1. The monoisotopic (exact) mass is 371 g/mol. The van der Waals surface area contributed by atoms with Crippen molar-refractivity contribution < 1.29 is 4.79 Å². The molecule has 0 bridgehead atoms. The van der Waals surface area contributed by atoms with Crippen LogP contribution in [0.25, 0.3) is 16.6 Å². The molecule has 1 aliphatic carbocycles. The molecule has 0 aliphatic heterocycles. The lowest BCUT2D eigenvalue weighted by molar-refractivity contribution is -0.118. The Labute approximate surface area is 160 Å². The summed E-state index contributed by atoms with van der Waals surface area (Å²) in [6.07, 6.45) is 2.60. The number of allylic oxidation sites excluding steroid dienone is 2. The topological polar surface area (TPSA) is 47.8 Å². The second-order valence-corrected chi connectivity index (χ2v) is 7.69. The van der Waals surface area contributed by atoms with Crippen molar-refractivity contribution in [3.05, 3.63) is 88.6 Å². The van der Waals surface area contributed by atoms with E-state index in [2.05, 4.69) is 33.9 Å². The second kappa shape index (κ2) is 6.59. The number of ketones is 1. The van der Waals surface area contributed by atoms with E-state index in [1.54, 1.807) is 22.1 Å². The van der Waals surface area contributed by atoms with Gasteiger partial charge in [-0.05, 0) is 47.2 Å². The molecule has 0 N–H and O–H groups in total. The molecular weight excluding hydrogens is 354 g/mol. The van der Waals surface area contributed by atoms with Crippen molar-refractivity contribution in [1.82, 2.24) is 15.0 Å². The van der Waals surface area contributed by atoms with Crippen molar-refractivity contribution in [3.8, 4) is 0 Å². The fourth-order valence-electron chi connectivity index (χ4n) is 3.88. The van der Waals surface area contributed by atoms with Gasteiger partial charge in [0.05, 0.1) is 5.52 Å². The molecule has 0 amide bonds. The Morgan fingerprint density at radius 1 is 0.963 bits per heavy atom. The summed E-state index contributed by atoms with van der Waals surface area (Å²) in [5, 5.41) is 10.7. The minimum absolute atomic E-state index is 0.0194. The Bertz CT molecular complexity index is 1130. The smallest absolute Gasteiger partial charge is 0.181 e. The predicted octanol–water partition coefficient (Wildman–Crippen LogP) is 4.87. The van der Waals surface area contributed by atoms with E-state index in [0.29, 0.717) is 0 Å². The van der Waals surface area contributed by atoms with Gasteiger partial charge in [-0.25, -0.2) is 4.68 Å². The van der Waals surface area contributed by atoms with Crippen LogP contribution in [0.15, 0.2) is 78.2 Å². The van der Waals surface area contributed by atoms with Gasteiger partial charge >= 0.3 is 0 Å². The van der Waals surface area contributed by atoms with E-state index in [1.807, 2.05) is 48.5 Å². The molecule has 4 nitrogen and oxygen atoms in total. The Hall–Kier alpha value is -3.05. The maximum absolute atomic E-state index is 13.3. The average molecular weight is 371 g/mol. The fraction of sp³-hybridized carbons (Fsp3) is 0.136. The zero-order valence-corrected chi connectivity index (χ0v) is 15.3. The first-order chi connectivity index (χ1) is 13.3. The van der Waals surface area contributed by atoms with E-state index in [-0.39, 0.29) is 17.7 Å². The number of hydrogen-bond acceptors (Lipinski definition) is 4. The van der Waals surface area contributed by atoms with Crippen LogP contribution in [0.5, 0.6) is 0 Å². The molecule has 1 aliphatic rings. The van der Waals surface area contributed by atoms with Crippen molar-refractivity contribution in [3.63, 3.8) is 0 Å². The number of carbonyl (C=O) groups excluding carboxylic acids is 1. The summed E-state index contributed by atoms with van der Waals surface area (Å²) in [4.78, 5) is 14.4. The molecule has 132 valence electrons. The molecule has 0 unspecified atom stereocenters. The first-order valence-electron chi connectivity index (χ1n) is 8.94. The van der Waals surface area contributed by atoms with Crippen molar-refractivity contribution in [1.29, 1.82) is 0 Å². The molecule has 0 spiro atoms. The Morgan fingerprint density at radius 3 is 2.59 bits per heavy atom. The number of hydrogen-bond donors (Lipinski definition) is 0. The van der Waals surface area contributed by atoms with Gasteiger partial charge in [0.25, 0.3) is 0 Å².